The minimum absolute atomic E-state index is 0.372. The van der Waals surface area contributed by atoms with E-state index in [1.165, 1.54) is 0 Å². The first-order valence-corrected chi connectivity index (χ1v) is 7.64. The van der Waals surface area contributed by atoms with Gasteiger partial charge >= 0.3 is 0 Å². The molecule has 1 unspecified atom stereocenters. The van der Waals surface area contributed by atoms with Crippen LogP contribution in [0.5, 0.6) is 0 Å². The molecule has 0 aliphatic heterocycles. The molecule has 20 heavy (non-hydrogen) atoms. The number of methoxy groups -OCH3 is 1. The minimum Gasteiger partial charge on any atom is -0.397 e. The quantitative estimate of drug-likeness (QED) is 0.776. The first kappa shape index (κ1) is 15.5. The van der Waals surface area contributed by atoms with E-state index in [1.807, 2.05) is 26.0 Å². The Morgan fingerprint density at radius 1 is 1.40 bits per heavy atom. The third kappa shape index (κ3) is 2.75. The molecular weight excluding hydrogens is 390 g/mol. The molecule has 7 heteroatoms. The molecule has 0 aliphatic carbocycles. The molecule has 0 fully saturated rings. The summed E-state index contributed by atoms with van der Waals surface area (Å²) in [6, 6.07) is 3.70. The molecule has 1 heterocycles. The van der Waals surface area contributed by atoms with Gasteiger partial charge in [-0.05, 0) is 41.4 Å². The lowest BCUT2D eigenvalue weighted by atomic mass is 10.0. The summed E-state index contributed by atoms with van der Waals surface area (Å²) in [6.07, 6.45) is 0.736. The van der Waals surface area contributed by atoms with Crippen molar-refractivity contribution in [3.05, 3.63) is 26.9 Å². The van der Waals surface area contributed by atoms with Gasteiger partial charge in [-0.2, -0.15) is 4.98 Å². The SMILES string of the molecule is CCC(C)(OC)c1noc(-c2cc(Br)cc(Br)c2N)n1. The highest BCUT2D eigenvalue weighted by Gasteiger charge is 2.30. The lowest BCUT2D eigenvalue weighted by Gasteiger charge is -2.21. The van der Waals surface area contributed by atoms with Crippen molar-refractivity contribution in [3.63, 3.8) is 0 Å². The van der Waals surface area contributed by atoms with Gasteiger partial charge in [-0.25, -0.2) is 0 Å². The maximum atomic E-state index is 6.04. The summed E-state index contributed by atoms with van der Waals surface area (Å²) >= 11 is 6.82. The lowest BCUT2D eigenvalue weighted by molar-refractivity contribution is -0.0106. The first-order chi connectivity index (χ1) is 9.41. The summed E-state index contributed by atoms with van der Waals surface area (Å²) in [4.78, 5) is 4.41. The Morgan fingerprint density at radius 3 is 2.70 bits per heavy atom. The van der Waals surface area contributed by atoms with Gasteiger partial charge in [0.25, 0.3) is 5.89 Å². The molecule has 0 amide bonds. The van der Waals surface area contributed by atoms with E-state index in [9.17, 15) is 0 Å². The van der Waals surface area contributed by atoms with Gasteiger partial charge in [0.15, 0.2) is 0 Å². The van der Waals surface area contributed by atoms with Gasteiger partial charge in [0.1, 0.15) is 5.60 Å². The number of nitrogen functional groups attached to an aromatic ring is 1. The van der Waals surface area contributed by atoms with Gasteiger partial charge < -0.3 is 15.0 Å². The fraction of sp³-hybridized carbons (Fsp3) is 0.385. The molecule has 0 spiro atoms. The Balaban J connectivity index is 2.49. The maximum Gasteiger partial charge on any atom is 0.260 e. The Kier molecular flexibility index (Phi) is 4.51. The molecule has 1 atom stereocenters. The molecular formula is C13H15Br2N3O2. The Labute approximate surface area is 134 Å². The molecule has 2 N–H and O–H groups in total. The molecule has 108 valence electrons. The number of ether oxygens (including phenoxy) is 1. The second kappa shape index (κ2) is 5.83. The van der Waals surface area contributed by atoms with Gasteiger partial charge in [0.2, 0.25) is 5.82 Å². The van der Waals surface area contributed by atoms with Gasteiger partial charge in [0, 0.05) is 16.1 Å². The summed E-state index contributed by atoms with van der Waals surface area (Å²) < 4.78 is 12.4. The minimum atomic E-state index is -0.570. The second-order valence-corrected chi connectivity index (χ2v) is 6.33. The molecule has 2 rings (SSSR count). The number of anilines is 1. The number of hydrogen-bond acceptors (Lipinski definition) is 5. The van der Waals surface area contributed by atoms with Crippen molar-refractivity contribution in [3.8, 4) is 11.5 Å². The average molecular weight is 405 g/mol. The highest BCUT2D eigenvalue weighted by Crippen LogP contribution is 2.35. The van der Waals surface area contributed by atoms with Crippen molar-refractivity contribution in [1.82, 2.24) is 10.1 Å². The van der Waals surface area contributed by atoms with Crippen LogP contribution in [-0.4, -0.2) is 17.3 Å². The van der Waals surface area contributed by atoms with Crippen LogP contribution in [0, 0.1) is 0 Å². The average Bonchev–Trinajstić information content (AvgIpc) is 2.92. The topological polar surface area (TPSA) is 74.2 Å². The van der Waals surface area contributed by atoms with Crippen molar-refractivity contribution < 1.29 is 9.26 Å². The number of rotatable bonds is 4. The number of nitrogens with two attached hydrogens (primary N) is 1. The number of benzene rings is 1. The summed E-state index contributed by atoms with van der Waals surface area (Å²) in [5, 5.41) is 4.01. The van der Waals surface area contributed by atoms with Crippen molar-refractivity contribution in [2.75, 3.05) is 12.8 Å². The van der Waals surface area contributed by atoms with Crippen LogP contribution in [0.4, 0.5) is 5.69 Å². The van der Waals surface area contributed by atoms with Crippen molar-refractivity contribution in [1.29, 1.82) is 0 Å². The number of nitrogens with zero attached hydrogens (tertiary/aromatic N) is 2. The monoisotopic (exact) mass is 403 g/mol. The fourth-order valence-corrected chi connectivity index (χ4v) is 2.93. The molecule has 0 saturated carbocycles. The fourth-order valence-electron chi connectivity index (χ4n) is 1.70. The summed E-state index contributed by atoms with van der Waals surface area (Å²) in [6.45, 7) is 3.92. The van der Waals surface area contributed by atoms with Gasteiger partial charge in [-0.15, -0.1) is 0 Å². The summed E-state index contributed by atoms with van der Waals surface area (Å²) in [7, 11) is 1.63. The second-order valence-electron chi connectivity index (χ2n) is 4.56. The molecule has 0 bridgehead atoms. The summed E-state index contributed by atoms with van der Waals surface area (Å²) in [5.74, 6) is 0.879. The zero-order chi connectivity index (χ0) is 14.9. The molecule has 0 saturated heterocycles. The Bertz CT molecular complexity index is 624. The first-order valence-electron chi connectivity index (χ1n) is 6.05. The molecule has 5 nitrogen and oxygen atoms in total. The molecule has 1 aromatic carbocycles. The highest BCUT2D eigenvalue weighted by molar-refractivity contribution is 9.11. The zero-order valence-corrected chi connectivity index (χ0v) is 14.6. The van der Waals surface area contributed by atoms with E-state index in [4.69, 9.17) is 15.0 Å². The number of halogens is 2. The lowest BCUT2D eigenvalue weighted by Crippen LogP contribution is -2.24. The maximum absolute atomic E-state index is 6.04. The third-order valence-electron chi connectivity index (χ3n) is 3.35. The van der Waals surface area contributed by atoms with Crippen molar-refractivity contribution in [2.45, 2.75) is 25.9 Å². The number of hydrogen-bond donors (Lipinski definition) is 1. The summed E-state index contributed by atoms with van der Waals surface area (Å²) in [5.41, 5.74) is 6.71. The Morgan fingerprint density at radius 2 is 2.10 bits per heavy atom. The van der Waals surface area contributed by atoms with Gasteiger partial charge in [0.05, 0.1) is 11.3 Å². The van der Waals surface area contributed by atoms with E-state index < -0.39 is 5.60 Å². The van der Waals surface area contributed by atoms with E-state index in [2.05, 4.69) is 42.0 Å². The Hall–Kier alpha value is -0.920. The predicted molar refractivity (Wildman–Crippen MR) is 84.2 cm³/mol. The van der Waals surface area contributed by atoms with E-state index in [0.717, 1.165) is 15.4 Å². The molecule has 0 radical (unpaired) electrons. The third-order valence-corrected chi connectivity index (χ3v) is 4.46. The van der Waals surface area contributed by atoms with Crippen LogP contribution in [0.3, 0.4) is 0 Å². The number of aromatic nitrogens is 2. The molecule has 1 aromatic heterocycles. The smallest absolute Gasteiger partial charge is 0.260 e. The van der Waals surface area contributed by atoms with E-state index in [-0.39, 0.29) is 0 Å². The predicted octanol–water partition coefficient (Wildman–Crippen LogP) is 4.12. The highest BCUT2D eigenvalue weighted by atomic mass is 79.9. The normalized spacial score (nSPS) is 14.2. The van der Waals surface area contributed by atoms with Crippen LogP contribution in [0.15, 0.2) is 25.6 Å². The standard InChI is InChI=1S/C13H15Br2N3O2/c1-4-13(2,19-3)12-17-11(20-18-12)8-5-7(14)6-9(15)10(8)16/h5-6H,4,16H2,1-3H3. The van der Waals surface area contributed by atoms with Crippen LogP contribution < -0.4 is 5.73 Å². The van der Waals surface area contributed by atoms with Crippen LogP contribution >= 0.6 is 31.9 Å². The van der Waals surface area contributed by atoms with Crippen LogP contribution in [0.1, 0.15) is 26.1 Å². The molecule has 2 aromatic rings. The van der Waals surface area contributed by atoms with E-state index in [0.29, 0.717) is 23.0 Å². The molecule has 0 aliphatic rings. The van der Waals surface area contributed by atoms with Gasteiger partial charge in [-0.3, -0.25) is 0 Å². The zero-order valence-electron chi connectivity index (χ0n) is 11.4. The van der Waals surface area contributed by atoms with Crippen molar-refractivity contribution >= 4 is 37.5 Å². The van der Waals surface area contributed by atoms with Crippen LogP contribution in [0.2, 0.25) is 0 Å². The van der Waals surface area contributed by atoms with Crippen molar-refractivity contribution in [2.24, 2.45) is 0 Å². The van der Waals surface area contributed by atoms with Crippen LogP contribution in [0.25, 0.3) is 11.5 Å². The van der Waals surface area contributed by atoms with E-state index >= 15 is 0 Å². The van der Waals surface area contributed by atoms with E-state index in [1.54, 1.807) is 7.11 Å². The van der Waals surface area contributed by atoms with Crippen LogP contribution in [-0.2, 0) is 10.3 Å². The van der Waals surface area contributed by atoms with Gasteiger partial charge in [-0.1, -0.05) is 28.0 Å². The largest absolute Gasteiger partial charge is 0.397 e.